The van der Waals surface area contributed by atoms with Gasteiger partial charge in [0.15, 0.2) is 0 Å². The Morgan fingerprint density at radius 2 is 1.20 bits per heavy atom. The van der Waals surface area contributed by atoms with Crippen molar-refractivity contribution in [3.05, 3.63) is 0 Å². The second-order valence-corrected chi connectivity index (χ2v) is 18.4. The summed E-state index contributed by atoms with van der Waals surface area (Å²) in [5.74, 6) is 0. The van der Waals surface area contributed by atoms with Gasteiger partial charge in [-0.15, -0.1) is 0 Å². The van der Waals surface area contributed by atoms with Gasteiger partial charge in [0.2, 0.25) is 0 Å². The van der Waals surface area contributed by atoms with Gasteiger partial charge in [-0.3, -0.25) is 0 Å². The number of aliphatic hydroxyl groups excluding tert-OH is 1. The van der Waals surface area contributed by atoms with Gasteiger partial charge in [0, 0.05) is 58.5 Å². The summed E-state index contributed by atoms with van der Waals surface area (Å²) in [6, 6.07) is 1.79. The van der Waals surface area contributed by atoms with Gasteiger partial charge >= 0.3 is 0 Å². The van der Waals surface area contributed by atoms with Crippen molar-refractivity contribution in [3.8, 4) is 0 Å². The highest BCUT2D eigenvalue weighted by Gasteiger charge is 2.43. The second-order valence-electron chi connectivity index (χ2n) is 18.4. The van der Waals surface area contributed by atoms with E-state index < -0.39 is 0 Å². The Morgan fingerprint density at radius 3 is 1.66 bits per heavy atom. The van der Waals surface area contributed by atoms with E-state index in [4.69, 9.17) is 0 Å². The highest BCUT2D eigenvalue weighted by atomic mass is 16.3. The van der Waals surface area contributed by atoms with E-state index in [-0.39, 0.29) is 45.8 Å². The molecule has 0 aliphatic carbocycles. The monoisotopic (exact) mass is 578 g/mol. The van der Waals surface area contributed by atoms with Crippen molar-refractivity contribution < 1.29 is 5.11 Å². The van der Waals surface area contributed by atoms with Crippen LogP contribution in [0.25, 0.3) is 0 Å². The Balaban J connectivity index is 1.77. The van der Waals surface area contributed by atoms with Crippen LogP contribution in [0.1, 0.15) is 147 Å². The van der Waals surface area contributed by atoms with Crippen LogP contribution in [0.4, 0.5) is 0 Å². The van der Waals surface area contributed by atoms with Crippen molar-refractivity contribution >= 4 is 0 Å². The van der Waals surface area contributed by atoms with Crippen LogP contribution < -0.4 is 21.3 Å². The first kappa shape index (κ1) is 35.2. The topological polar surface area (TPSA) is 71.6 Å². The van der Waals surface area contributed by atoms with Crippen LogP contribution in [0.2, 0.25) is 0 Å². The van der Waals surface area contributed by atoms with Crippen molar-refractivity contribution in [2.45, 2.75) is 199 Å². The summed E-state index contributed by atoms with van der Waals surface area (Å²) < 4.78 is 0. The highest BCUT2D eigenvalue weighted by Crippen LogP contribution is 2.37. The Morgan fingerprint density at radius 1 is 0.732 bits per heavy atom. The number of piperidine rings is 3. The van der Waals surface area contributed by atoms with Crippen LogP contribution in [0.15, 0.2) is 0 Å². The molecule has 0 bridgehead atoms. The fourth-order valence-corrected chi connectivity index (χ4v) is 9.54. The minimum atomic E-state index is 0.0509. The third-order valence-electron chi connectivity index (χ3n) is 10.2. The summed E-state index contributed by atoms with van der Waals surface area (Å²) in [6.45, 7) is 31.3. The van der Waals surface area contributed by atoms with E-state index in [1.54, 1.807) is 0 Å². The maximum Gasteiger partial charge on any atom is 0.0446 e. The molecule has 3 aliphatic heterocycles. The third kappa shape index (κ3) is 11.0. The van der Waals surface area contributed by atoms with E-state index in [1.807, 2.05) is 0 Å². The van der Waals surface area contributed by atoms with Gasteiger partial charge in [0.05, 0.1) is 0 Å². The minimum absolute atomic E-state index is 0.0509. The molecule has 0 aromatic carbocycles. The zero-order valence-corrected chi connectivity index (χ0v) is 29.4. The number of hydrogen-bond donors (Lipinski definition) is 5. The summed E-state index contributed by atoms with van der Waals surface area (Å²) in [6.07, 6.45) is 11.7. The molecule has 0 aromatic heterocycles. The van der Waals surface area contributed by atoms with Crippen molar-refractivity contribution in [1.82, 2.24) is 26.2 Å². The largest absolute Gasteiger partial charge is 0.396 e. The molecule has 6 nitrogen and oxygen atoms in total. The van der Waals surface area contributed by atoms with E-state index in [0.29, 0.717) is 18.1 Å². The van der Waals surface area contributed by atoms with E-state index >= 15 is 0 Å². The first-order chi connectivity index (χ1) is 18.6. The van der Waals surface area contributed by atoms with Crippen molar-refractivity contribution in [2.75, 3.05) is 19.7 Å². The Labute approximate surface area is 255 Å². The lowest BCUT2D eigenvalue weighted by Crippen LogP contribution is -2.64. The van der Waals surface area contributed by atoms with E-state index in [1.165, 1.54) is 32.4 Å². The van der Waals surface area contributed by atoms with E-state index in [9.17, 15) is 5.11 Å². The molecule has 41 heavy (non-hydrogen) atoms. The molecule has 3 fully saturated rings. The lowest BCUT2D eigenvalue weighted by molar-refractivity contribution is 0.0539. The zero-order chi connectivity index (χ0) is 30.9. The molecule has 3 rings (SSSR count). The average Bonchev–Trinajstić information content (AvgIpc) is 2.74. The molecular weight excluding hydrogens is 506 g/mol. The minimum Gasteiger partial charge on any atom is -0.396 e. The molecule has 3 saturated heterocycles. The molecule has 2 unspecified atom stereocenters. The first-order valence-corrected chi connectivity index (χ1v) is 17.1. The van der Waals surface area contributed by atoms with Crippen LogP contribution in [-0.2, 0) is 0 Å². The van der Waals surface area contributed by atoms with E-state index in [2.05, 4.69) is 109 Å². The van der Waals surface area contributed by atoms with Crippen molar-refractivity contribution in [2.24, 2.45) is 5.41 Å². The average molecular weight is 578 g/mol. The highest BCUT2D eigenvalue weighted by molar-refractivity contribution is 5.04. The van der Waals surface area contributed by atoms with Crippen LogP contribution in [0.3, 0.4) is 0 Å². The van der Waals surface area contributed by atoms with Crippen LogP contribution >= 0.6 is 0 Å². The van der Waals surface area contributed by atoms with Gasteiger partial charge in [-0.1, -0.05) is 20.3 Å². The molecule has 0 saturated carbocycles. The Kier molecular flexibility index (Phi) is 11.2. The quantitative estimate of drug-likeness (QED) is 0.197. The number of aliphatic hydroxyl groups is 1. The molecule has 2 atom stereocenters. The summed E-state index contributed by atoms with van der Waals surface area (Å²) in [5.41, 5.74) is 0.623. The SMILES string of the molecule is CC(C)(CC(CC(C)(C)C(CCO)NC1CC(C)(C)NC(C)(C)C1)N1CCCCC1)NC1CC(C)(C)NC(C)(C)C1. The van der Waals surface area contributed by atoms with Gasteiger partial charge in [0.25, 0.3) is 0 Å². The molecule has 0 amide bonds. The smallest absolute Gasteiger partial charge is 0.0446 e. The molecular formula is C35H71N5O. The number of rotatable bonds is 12. The van der Waals surface area contributed by atoms with Gasteiger partial charge in [0.1, 0.15) is 0 Å². The predicted octanol–water partition coefficient (Wildman–Crippen LogP) is 5.97. The van der Waals surface area contributed by atoms with Crippen molar-refractivity contribution in [3.63, 3.8) is 0 Å². The normalized spacial score (nSPS) is 27.4. The maximum atomic E-state index is 10.2. The fourth-order valence-electron chi connectivity index (χ4n) is 9.54. The van der Waals surface area contributed by atoms with Gasteiger partial charge in [-0.2, -0.15) is 0 Å². The van der Waals surface area contributed by atoms with Crippen LogP contribution in [-0.4, -0.2) is 81.6 Å². The molecule has 0 spiro atoms. The lowest BCUT2D eigenvalue weighted by atomic mass is 9.73. The van der Waals surface area contributed by atoms with Gasteiger partial charge < -0.3 is 31.3 Å². The van der Waals surface area contributed by atoms with E-state index in [0.717, 1.165) is 44.9 Å². The summed E-state index contributed by atoms with van der Waals surface area (Å²) in [4.78, 5) is 2.82. The van der Waals surface area contributed by atoms with Gasteiger partial charge in [-0.25, -0.2) is 0 Å². The Hall–Kier alpha value is -0.240. The molecule has 0 aromatic rings. The van der Waals surface area contributed by atoms with Crippen molar-refractivity contribution in [1.29, 1.82) is 0 Å². The second kappa shape index (κ2) is 13.0. The molecule has 3 heterocycles. The summed E-state index contributed by atoms with van der Waals surface area (Å²) >= 11 is 0. The third-order valence-corrected chi connectivity index (χ3v) is 10.2. The number of likely N-dealkylation sites (tertiary alicyclic amines) is 1. The molecule has 3 aliphatic rings. The molecule has 5 N–H and O–H groups in total. The van der Waals surface area contributed by atoms with Gasteiger partial charge in [-0.05, 0) is 146 Å². The lowest BCUT2D eigenvalue weighted by Gasteiger charge is -2.51. The molecule has 242 valence electrons. The fraction of sp³-hybridized carbons (Fsp3) is 1.00. The number of hydrogen-bond acceptors (Lipinski definition) is 6. The zero-order valence-electron chi connectivity index (χ0n) is 29.4. The molecule has 0 radical (unpaired) electrons. The van der Waals surface area contributed by atoms with Crippen LogP contribution in [0.5, 0.6) is 0 Å². The number of nitrogens with zero attached hydrogens (tertiary/aromatic N) is 1. The standard InChI is InChI=1S/C35H71N5O/c1-30(2,29(16-19-41)36-26-20-32(5,6)38-33(7,8)21-26)24-28(40-17-14-13-15-18-40)25-31(3,4)37-27-22-34(9,10)39-35(11,12)23-27/h26-29,36-39,41H,13-25H2,1-12H3. The summed E-state index contributed by atoms with van der Waals surface area (Å²) in [5, 5.41) is 26.2. The Bertz CT molecular complexity index is 794. The maximum absolute atomic E-state index is 10.2. The predicted molar refractivity (Wildman–Crippen MR) is 177 cm³/mol. The number of nitrogens with one attached hydrogen (secondary N) is 4. The molecule has 6 heteroatoms. The summed E-state index contributed by atoms with van der Waals surface area (Å²) in [7, 11) is 0. The van der Waals surface area contributed by atoms with Crippen LogP contribution in [0, 0.1) is 5.41 Å². The first-order valence-electron chi connectivity index (χ1n) is 17.1.